The number of rotatable bonds is 6. The number of anilines is 1. The van der Waals surface area contributed by atoms with Crippen molar-refractivity contribution in [1.29, 1.82) is 0 Å². The van der Waals surface area contributed by atoms with Crippen molar-refractivity contribution in [2.75, 3.05) is 5.32 Å². The quantitative estimate of drug-likeness (QED) is 0.379. The number of furan rings is 1. The highest BCUT2D eigenvalue weighted by Gasteiger charge is 2.22. The summed E-state index contributed by atoms with van der Waals surface area (Å²) in [6.45, 7) is 3.48. The van der Waals surface area contributed by atoms with E-state index >= 15 is 0 Å². The van der Waals surface area contributed by atoms with Gasteiger partial charge in [0.2, 0.25) is 11.7 Å². The van der Waals surface area contributed by atoms with E-state index < -0.39 is 27.6 Å². The van der Waals surface area contributed by atoms with E-state index in [-0.39, 0.29) is 5.69 Å². The van der Waals surface area contributed by atoms with E-state index in [1.807, 2.05) is 6.92 Å². The van der Waals surface area contributed by atoms with Crippen LogP contribution in [0.2, 0.25) is 0 Å². The highest BCUT2D eigenvalue weighted by atomic mass is 32.2. The minimum atomic E-state index is -0.966. The number of benzene rings is 1. The molecule has 0 saturated heterocycles. The first-order valence-corrected chi connectivity index (χ1v) is 9.01. The van der Waals surface area contributed by atoms with Crippen molar-refractivity contribution in [3.8, 4) is 11.4 Å². The second-order valence-electron chi connectivity index (χ2n) is 5.93. The molecule has 0 aliphatic heterocycles. The number of nitrogens with zero attached hydrogens (tertiary/aromatic N) is 4. The van der Waals surface area contributed by atoms with E-state index in [0.29, 0.717) is 16.7 Å². The molecule has 0 unspecified atom stereocenters. The number of thioether (sulfide) groups is 1. The number of nitro benzene ring substituents is 1. The third-order valence-electron chi connectivity index (χ3n) is 4.00. The van der Waals surface area contributed by atoms with Crippen LogP contribution in [0.1, 0.15) is 12.7 Å². The van der Waals surface area contributed by atoms with Gasteiger partial charge in [-0.15, -0.1) is 10.2 Å². The summed E-state index contributed by atoms with van der Waals surface area (Å²) in [6.07, 6.45) is 1.56. The number of hydrogen-bond acceptors (Lipinski definition) is 7. The lowest BCUT2D eigenvalue weighted by Crippen LogP contribution is -2.23. The Morgan fingerprint density at radius 2 is 2.14 bits per heavy atom. The van der Waals surface area contributed by atoms with E-state index in [1.165, 1.54) is 17.8 Å². The van der Waals surface area contributed by atoms with Gasteiger partial charge in [0.25, 0.3) is 0 Å². The summed E-state index contributed by atoms with van der Waals surface area (Å²) in [7, 11) is 1.78. The average molecular weight is 405 g/mol. The molecule has 0 saturated carbocycles. The van der Waals surface area contributed by atoms with E-state index in [2.05, 4.69) is 15.5 Å². The monoisotopic (exact) mass is 405 g/mol. The van der Waals surface area contributed by atoms with Crippen LogP contribution >= 0.6 is 11.8 Å². The Balaban J connectivity index is 1.72. The highest BCUT2D eigenvalue weighted by Crippen LogP contribution is 2.28. The highest BCUT2D eigenvalue weighted by molar-refractivity contribution is 8.00. The van der Waals surface area contributed by atoms with Crippen LogP contribution in [0.4, 0.5) is 15.8 Å². The summed E-state index contributed by atoms with van der Waals surface area (Å²) >= 11 is 1.17. The van der Waals surface area contributed by atoms with Crippen LogP contribution in [-0.2, 0) is 11.8 Å². The van der Waals surface area contributed by atoms with Crippen molar-refractivity contribution in [3.63, 3.8) is 0 Å². The van der Waals surface area contributed by atoms with Gasteiger partial charge in [-0.05, 0) is 32.0 Å². The minimum Gasteiger partial charge on any atom is -0.469 e. The molecule has 9 nitrogen and oxygen atoms in total. The first-order chi connectivity index (χ1) is 13.3. The van der Waals surface area contributed by atoms with Crippen LogP contribution in [0.5, 0.6) is 0 Å². The van der Waals surface area contributed by atoms with Crippen molar-refractivity contribution in [2.24, 2.45) is 7.05 Å². The van der Waals surface area contributed by atoms with Gasteiger partial charge in [0.15, 0.2) is 11.0 Å². The van der Waals surface area contributed by atoms with Gasteiger partial charge in [-0.2, -0.15) is 4.39 Å². The SMILES string of the molecule is Cc1occc1-c1nnc(S[C@@H](C)C(=O)Nc2ccc(F)c([N+](=O)[O-])c2)n1C. The Morgan fingerprint density at radius 3 is 2.79 bits per heavy atom. The van der Waals surface area contributed by atoms with Gasteiger partial charge >= 0.3 is 5.69 Å². The van der Waals surface area contributed by atoms with Crippen LogP contribution in [-0.4, -0.2) is 30.8 Å². The molecule has 0 aliphatic carbocycles. The van der Waals surface area contributed by atoms with Crippen molar-refractivity contribution in [3.05, 3.63) is 52.2 Å². The number of aryl methyl sites for hydroxylation is 1. The molecule has 0 spiro atoms. The fraction of sp³-hybridized carbons (Fsp3) is 0.235. The molecule has 1 aromatic carbocycles. The molecule has 0 bridgehead atoms. The summed E-state index contributed by atoms with van der Waals surface area (Å²) in [5.74, 6) is -0.0622. The molecule has 2 aromatic heterocycles. The maximum Gasteiger partial charge on any atom is 0.306 e. The van der Waals surface area contributed by atoms with Crippen molar-refractivity contribution < 1.29 is 18.5 Å². The number of aromatic nitrogens is 3. The lowest BCUT2D eigenvalue weighted by atomic mass is 10.2. The fourth-order valence-corrected chi connectivity index (χ4v) is 3.27. The number of carbonyl (C=O) groups excluding carboxylic acids is 1. The van der Waals surface area contributed by atoms with E-state index in [1.54, 1.807) is 30.9 Å². The third-order valence-corrected chi connectivity index (χ3v) is 5.13. The van der Waals surface area contributed by atoms with Gasteiger partial charge in [-0.1, -0.05) is 11.8 Å². The molecule has 1 atom stereocenters. The van der Waals surface area contributed by atoms with Gasteiger partial charge in [-0.3, -0.25) is 14.9 Å². The number of amides is 1. The number of halogens is 1. The molecule has 0 fully saturated rings. The van der Waals surface area contributed by atoms with Crippen LogP contribution in [0.25, 0.3) is 11.4 Å². The molecular weight excluding hydrogens is 389 g/mol. The normalized spacial score (nSPS) is 12.0. The second-order valence-corrected chi connectivity index (χ2v) is 7.24. The van der Waals surface area contributed by atoms with Crippen molar-refractivity contribution >= 4 is 29.0 Å². The predicted molar refractivity (Wildman–Crippen MR) is 100 cm³/mol. The lowest BCUT2D eigenvalue weighted by Gasteiger charge is -2.11. The average Bonchev–Trinajstić information content (AvgIpc) is 3.22. The Hall–Kier alpha value is -3.21. The zero-order valence-corrected chi connectivity index (χ0v) is 16.0. The van der Waals surface area contributed by atoms with Crippen LogP contribution in [0.15, 0.2) is 40.1 Å². The molecule has 2 heterocycles. The summed E-state index contributed by atoms with van der Waals surface area (Å²) in [5, 5.41) is 21.5. The topological polar surface area (TPSA) is 116 Å². The van der Waals surface area contributed by atoms with Gasteiger partial charge in [0.05, 0.1) is 22.0 Å². The number of carbonyl (C=O) groups is 1. The summed E-state index contributed by atoms with van der Waals surface area (Å²) in [6, 6.07) is 4.96. The summed E-state index contributed by atoms with van der Waals surface area (Å²) in [5.41, 5.74) is 0.238. The first kappa shape index (κ1) is 19.5. The third kappa shape index (κ3) is 3.88. The van der Waals surface area contributed by atoms with Crippen LogP contribution in [0.3, 0.4) is 0 Å². The Morgan fingerprint density at radius 1 is 1.39 bits per heavy atom. The van der Waals surface area contributed by atoms with Gasteiger partial charge in [0, 0.05) is 18.8 Å². The standard InChI is InChI=1S/C17H16FN5O4S/c1-9-12(6-7-27-9)15-20-21-17(22(15)3)28-10(2)16(24)19-11-4-5-13(18)14(8-11)23(25)26/h4-8,10H,1-3H3,(H,19,24)/t10-/m0/s1. The van der Waals surface area contributed by atoms with Gasteiger partial charge in [0.1, 0.15) is 5.76 Å². The Labute approximate surface area is 163 Å². The molecule has 146 valence electrons. The largest absolute Gasteiger partial charge is 0.469 e. The van der Waals surface area contributed by atoms with Crippen LogP contribution < -0.4 is 5.32 Å². The first-order valence-electron chi connectivity index (χ1n) is 8.13. The number of nitro groups is 1. The zero-order chi connectivity index (χ0) is 20.4. The number of nitrogens with one attached hydrogen (secondary N) is 1. The molecular formula is C17H16FN5O4S. The lowest BCUT2D eigenvalue weighted by molar-refractivity contribution is -0.387. The molecule has 28 heavy (non-hydrogen) atoms. The maximum atomic E-state index is 13.4. The van der Waals surface area contributed by atoms with Crippen LogP contribution in [0, 0.1) is 22.9 Å². The van der Waals surface area contributed by atoms with E-state index in [4.69, 9.17) is 4.42 Å². The van der Waals surface area contributed by atoms with Crippen molar-refractivity contribution in [2.45, 2.75) is 24.3 Å². The van der Waals surface area contributed by atoms with Gasteiger partial charge in [-0.25, -0.2) is 0 Å². The zero-order valence-electron chi connectivity index (χ0n) is 15.2. The molecule has 3 aromatic rings. The molecule has 0 aliphatic rings. The molecule has 0 radical (unpaired) electrons. The molecule has 3 rings (SSSR count). The Bertz CT molecular complexity index is 1050. The maximum absolute atomic E-state index is 13.4. The summed E-state index contributed by atoms with van der Waals surface area (Å²) in [4.78, 5) is 22.4. The predicted octanol–water partition coefficient (Wildman–Crippen LogP) is 3.55. The van der Waals surface area contributed by atoms with Gasteiger partial charge < -0.3 is 14.3 Å². The fourth-order valence-electron chi connectivity index (χ4n) is 2.45. The molecule has 1 N–H and O–H groups in total. The summed E-state index contributed by atoms with van der Waals surface area (Å²) < 4.78 is 20.4. The Kier molecular flexibility index (Phi) is 5.45. The second kappa shape index (κ2) is 7.80. The van der Waals surface area contributed by atoms with E-state index in [9.17, 15) is 19.3 Å². The van der Waals surface area contributed by atoms with E-state index in [0.717, 1.165) is 17.7 Å². The molecule has 1 amide bonds. The smallest absolute Gasteiger partial charge is 0.306 e. The minimum absolute atomic E-state index is 0.137. The van der Waals surface area contributed by atoms with Crippen molar-refractivity contribution in [1.82, 2.24) is 14.8 Å². The molecule has 11 heteroatoms. The number of hydrogen-bond donors (Lipinski definition) is 1.